The van der Waals surface area contributed by atoms with Crippen LogP contribution in [0.4, 0.5) is 17.1 Å². The Labute approximate surface area is 333 Å². The van der Waals surface area contributed by atoms with Crippen molar-refractivity contribution in [2.75, 3.05) is 4.90 Å². The molecule has 0 atom stereocenters. The van der Waals surface area contributed by atoms with Crippen molar-refractivity contribution in [3.63, 3.8) is 0 Å². The molecule has 0 fully saturated rings. The number of nitrogens with zero attached hydrogens (tertiary/aromatic N) is 2. The number of rotatable bonds is 6. The van der Waals surface area contributed by atoms with E-state index in [0.29, 0.717) is 0 Å². The fourth-order valence-electron chi connectivity index (χ4n) is 9.53. The van der Waals surface area contributed by atoms with Crippen LogP contribution in [-0.2, 0) is 5.41 Å². The highest BCUT2D eigenvalue weighted by molar-refractivity contribution is 6.10. The molecule has 0 saturated heterocycles. The molecule has 11 rings (SSSR count). The third kappa shape index (κ3) is 5.18. The molecular weight excluding hydrogens is 689 g/mol. The van der Waals surface area contributed by atoms with Gasteiger partial charge < -0.3 is 9.47 Å². The molecule has 0 radical (unpaired) electrons. The van der Waals surface area contributed by atoms with Gasteiger partial charge in [-0.05, 0) is 92.7 Å². The minimum absolute atomic E-state index is 0.0820. The first-order valence-electron chi connectivity index (χ1n) is 19.9. The molecule has 2 nitrogen and oxygen atoms in total. The lowest BCUT2D eigenvalue weighted by molar-refractivity contribution is 0.660. The van der Waals surface area contributed by atoms with Gasteiger partial charge in [0.05, 0.1) is 22.4 Å². The topological polar surface area (TPSA) is 8.17 Å². The fraction of sp³-hybridized carbons (Fsp3) is 0.0545. The molecule has 270 valence electrons. The monoisotopic (exact) mass is 728 g/mol. The Balaban J connectivity index is 1.20. The molecule has 0 unspecified atom stereocenters. The molecule has 2 heteroatoms. The van der Waals surface area contributed by atoms with E-state index in [4.69, 9.17) is 0 Å². The molecule has 0 spiro atoms. The predicted molar refractivity (Wildman–Crippen MR) is 241 cm³/mol. The zero-order valence-electron chi connectivity index (χ0n) is 32.0. The number of hydrogen-bond donors (Lipinski definition) is 0. The standard InChI is InChI=1S/C55H40N2/c1-55(2)49-27-13-8-23-43(49)48-35-39(32-33-50(48)55)56(51-28-14-9-22-42(51)37-18-4-3-5-19-37)54-31-17-12-26-46(54)47-36-40(34-38-20-6-7-21-41(38)47)57-52-29-15-10-24-44(52)45-25-11-16-30-53(45)57/h3-36H,1-2H3. The van der Waals surface area contributed by atoms with Gasteiger partial charge in [-0.25, -0.2) is 0 Å². The molecule has 9 aromatic carbocycles. The Bertz CT molecular complexity index is 3110. The third-order valence-electron chi connectivity index (χ3n) is 12.2. The van der Waals surface area contributed by atoms with E-state index < -0.39 is 0 Å². The Morgan fingerprint density at radius 1 is 0.386 bits per heavy atom. The summed E-state index contributed by atoms with van der Waals surface area (Å²) in [5.74, 6) is 0. The Hall–Kier alpha value is -7.16. The second kappa shape index (κ2) is 13.0. The second-order valence-electron chi connectivity index (χ2n) is 15.7. The maximum absolute atomic E-state index is 2.49. The van der Waals surface area contributed by atoms with E-state index in [1.807, 2.05) is 0 Å². The van der Waals surface area contributed by atoms with Gasteiger partial charge in [0.1, 0.15) is 0 Å². The molecule has 57 heavy (non-hydrogen) atoms. The van der Waals surface area contributed by atoms with Gasteiger partial charge in [0.15, 0.2) is 0 Å². The van der Waals surface area contributed by atoms with Crippen LogP contribution in [-0.4, -0.2) is 4.57 Å². The van der Waals surface area contributed by atoms with Crippen molar-refractivity contribution < 1.29 is 0 Å². The molecule has 0 bridgehead atoms. The summed E-state index contributed by atoms with van der Waals surface area (Å²) in [6.07, 6.45) is 0. The van der Waals surface area contributed by atoms with Crippen LogP contribution in [0.5, 0.6) is 0 Å². The van der Waals surface area contributed by atoms with E-state index in [-0.39, 0.29) is 5.41 Å². The molecule has 1 aliphatic rings. The molecule has 0 N–H and O–H groups in total. The number of anilines is 3. The van der Waals surface area contributed by atoms with Gasteiger partial charge in [0.2, 0.25) is 0 Å². The van der Waals surface area contributed by atoms with Gasteiger partial charge in [-0.2, -0.15) is 0 Å². The van der Waals surface area contributed by atoms with Gasteiger partial charge in [-0.1, -0.05) is 172 Å². The van der Waals surface area contributed by atoms with E-state index >= 15 is 0 Å². The van der Waals surface area contributed by atoms with Gasteiger partial charge in [-0.3, -0.25) is 0 Å². The quantitative estimate of drug-likeness (QED) is 0.165. The Kier molecular flexibility index (Phi) is 7.55. The van der Waals surface area contributed by atoms with Crippen molar-refractivity contribution in [2.24, 2.45) is 0 Å². The molecule has 1 heterocycles. The zero-order chi connectivity index (χ0) is 38.1. The summed E-state index contributed by atoms with van der Waals surface area (Å²) in [5, 5.41) is 4.94. The van der Waals surface area contributed by atoms with E-state index in [2.05, 4.69) is 230 Å². The molecule has 0 saturated carbocycles. The summed E-state index contributed by atoms with van der Waals surface area (Å²) in [6, 6.07) is 75.8. The van der Waals surface area contributed by atoms with Gasteiger partial charge in [-0.15, -0.1) is 0 Å². The summed E-state index contributed by atoms with van der Waals surface area (Å²) in [5.41, 5.74) is 16.9. The van der Waals surface area contributed by atoms with Crippen molar-refractivity contribution in [2.45, 2.75) is 19.3 Å². The van der Waals surface area contributed by atoms with Crippen LogP contribution in [0.15, 0.2) is 206 Å². The van der Waals surface area contributed by atoms with Crippen LogP contribution in [0.1, 0.15) is 25.0 Å². The molecule has 0 amide bonds. The van der Waals surface area contributed by atoms with E-state index in [1.165, 1.54) is 77.1 Å². The van der Waals surface area contributed by atoms with Gasteiger partial charge in [0, 0.05) is 38.7 Å². The zero-order valence-corrected chi connectivity index (χ0v) is 32.0. The summed E-state index contributed by atoms with van der Waals surface area (Å²) in [6.45, 7) is 4.70. The van der Waals surface area contributed by atoms with Crippen LogP contribution in [0.25, 0.3) is 71.6 Å². The summed E-state index contributed by atoms with van der Waals surface area (Å²) >= 11 is 0. The fourth-order valence-corrected chi connectivity index (χ4v) is 9.53. The molecule has 1 aliphatic carbocycles. The first-order chi connectivity index (χ1) is 28.1. The molecule has 10 aromatic rings. The highest BCUT2D eigenvalue weighted by Crippen LogP contribution is 2.52. The number of aromatic nitrogens is 1. The van der Waals surface area contributed by atoms with E-state index in [0.717, 1.165) is 22.7 Å². The Morgan fingerprint density at radius 3 is 1.67 bits per heavy atom. The lowest BCUT2D eigenvalue weighted by atomic mass is 9.82. The maximum atomic E-state index is 2.49. The van der Waals surface area contributed by atoms with E-state index in [1.54, 1.807) is 0 Å². The molecule has 1 aromatic heterocycles. The van der Waals surface area contributed by atoms with Crippen molar-refractivity contribution in [1.29, 1.82) is 0 Å². The number of fused-ring (bicyclic) bond motifs is 7. The summed E-state index contributed by atoms with van der Waals surface area (Å²) in [7, 11) is 0. The van der Waals surface area contributed by atoms with Crippen molar-refractivity contribution in [3.8, 4) is 39.1 Å². The largest absolute Gasteiger partial charge is 0.309 e. The SMILES string of the molecule is CC1(C)c2ccccc2-c2cc(N(c3ccccc3-c3ccccc3)c3ccccc3-c3cc(-n4c5ccccc5c5ccccc54)cc4ccccc34)ccc21. The molecule has 0 aliphatic heterocycles. The lowest BCUT2D eigenvalue weighted by Crippen LogP contribution is -2.16. The third-order valence-corrected chi connectivity index (χ3v) is 12.2. The van der Waals surface area contributed by atoms with Crippen molar-refractivity contribution in [1.82, 2.24) is 4.57 Å². The smallest absolute Gasteiger partial charge is 0.0541 e. The van der Waals surface area contributed by atoms with E-state index in [9.17, 15) is 0 Å². The van der Waals surface area contributed by atoms with Crippen LogP contribution >= 0.6 is 0 Å². The van der Waals surface area contributed by atoms with Crippen LogP contribution in [0.2, 0.25) is 0 Å². The minimum atomic E-state index is -0.0820. The van der Waals surface area contributed by atoms with Gasteiger partial charge >= 0.3 is 0 Å². The normalized spacial score (nSPS) is 12.9. The second-order valence-corrected chi connectivity index (χ2v) is 15.7. The number of benzene rings is 9. The molecular formula is C55H40N2. The number of para-hydroxylation sites is 4. The highest BCUT2D eigenvalue weighted by Gasteiger charge is 2.36. The average Bonchev–Trinajstić information content (AvgIpc) is 3.72. The highest BCUT2D eigenvalue weighted by atomic mass is 15.1. The van der Waals surface area contributed by atoms with Crippen LogP contribution in [0, 0.1) is 0 Å². The van der Waals surface area contributed by atoms with Crippen molar-refractivity contribution in [3.05, 3.63) is 217 Å². The Morgan fingerprint density at radius 2 is 0.930 bits per heavy atom. The number of hydrogen-bond acceptors (Lipinski definition) is 1. The van der Waals surface area contributed by atoms with Gasteiger partial charge in [0.25, 0.3) is 0 Å². The first-order valence-corrected chi connectivity index (χ1v) is 19.9. The minimum Gasteiger partial charge on any atom is -0.309 e. The lowest BCUT2D eigenvalue weighted by Gasteiger charge is -2.31. The summed E-state index contributed by atoms with van der Waals surface area (Å²) in [4.78, 5) is 2.49. The summed E-state index contributed by atoms with van der Waals surface area (Å²) < 4.78 is 2.44. The predicted octanol–water partition coefficient (Wildman–Crippen LogP) is 15.0. The van der Waals surface area contributed by atoms with Crippen LogP contribution in [0.3, 0.4) is 0 Å². The first kappa shape index (κ1) is 33.2. The van der Waals surface area contributed by atoms with Crippen molar-refractivity contribution >= 4 is 49.6 Å². The van der Waals surface area contributed by atoms with Crippen LogP contribution < -0.4 is 4.90 Å². The average molecular weight is 729 g/mol. The maximum Gasteiger partial charge on any atom is 0.0541 e.